The number of carbonyl (C=O) groups is 1. The van der Waals surface area contributed by atoms with E-state index >= 15 is 0 Å². The van der Waals surface area contributed by atoms with Gasteiger partial charge in [-0.15, -0.1) is 11.3 Å². The fourth-order valence-corrected chi connectivity index (χ4v) is 3.75. The highest BCUT2D eigenvalue weighted by Crippen LogP contribution is 2.21. The van der Waals surface area contributed by atoms with Gasteiger partial charge in [-0.1, -0.05) is 12.1 Å². The Morgan fingerprint density at radius 1 is 1.29 bits per heavy atom. The minimum Gasteiger partial charge on any atom is -0.497 e. The van der Waals surface area contributed by atoms with E-state index in [1.807, 2.05) is 29.2 Å². The van der Waals surface area contributed by atoms with Gasteiger partial charge in [0.25, 0.3) is 5.91 Å². The maximum atomic E-state index is 13.1. The summed E-state index contributed by atoms with van der Waals surface area (Å²) < 4.78 is 10.7. The van der Waals surface area contributed by atoms with Crippen LogP contribution in [-0.4, -0.2) is 43.7 Å². The molecule has 0 N–H and O–H groups in total. The van der Waals surface area contributed by atoms with Crippen molar-refractivity contribution in [2.24, 2.45) is 0 Å². The summed E-state index contributed by atoms with van der Waals surface area (Å²) in [6.07, 6.45) is 2.70. The molecule has 1 aromatic heterocycles. The van der Waals surface area contributed by atoms with E-state index in [9.17, 15) is 4.79 Å². The molecular formula is C19H23NO3S. The SMILES string of the molecule is COc1cccc(C(=O)N(CCc2cccs2)C2CCOCC2)c1. The third-order valence-electron chi connectivity index (χ3n) is 4.39. The highest BCUT2D eigenvalue weighted by atomic mass is 32.1. The summed E-state index contributed by atoms with van der Waals surface area (Å²) >= 11 is 1.74. The van der Waals surface area contributed by atoms with Gasteiger partial charge in [0.15, 0.2) is 0 Å². The monoisotopic (exact) mass is 345 g/mol. The third kappa shape index (κ3) is 4.16. The molecule has 1 aromatic carbocycles. The van der Waals surface area contributed by atoms with Crippen LogP contribution < -0.4 is 4.74 Å². The fraction of sp³-hybridized carbons (Fsp3) is 0.421. The first-order valence-electron chi connectivity index (χ1n) is 8.33. The number of ether oxygens (including phenoxy) is 2. The molecule has 2 heterocycles. The van der Waals surface area contributed by atoms with Gasteiger partial charge in [-0.3, -0.25) is 4.79 Å². The van der Waals surface area contributed by atoms with Crippen LogP contribution in [0.1, 0.15) is 28.1 Å². The lowest BCUT2D eigenvalue weighted by molar-refractivity contribution is 0.0294. The number of nitrogens with zero attached hydrogens (tertiary/aromatic N) is 1. The topological polar surface area (TPSA) is 38.8 Å². The van der Waals surface area contributed by atoms with E-state index < -0.39 is 0 Å². The van der Waals surface area contributed by atoms with Crippen molar-refractivity contribution in [2.75, 3.05) is 26.9 Å². The number of carbonyl (C=O) groups excluding carboxylic acids is 1. The lowest BCUT2D eigenvalue weighted by atomic mass is 10.0. The summed E-state index contributed by atoms with van der Waals surface area (Å²) in [5.41, 5.74) is 0.687. The van der Waals surface area contributed by atoms with Crippen molar-refractivity contribution in [3.05, 3.63) is 52.2 Å². The molecule has 0 atom stereocenters. The van der Waals surface area contributed by atoms with Crippen molar-refractivity contribution >= 4 is 17.2 Å². The molecule has 2 aromatic rings. The van der Waals surface area contributed by atoms with Crippen LogP contribution in [0.5, 0.6) is 5.75 Å². The van der Waals surface area contributed by atoms with Gasteiger partial charge in [-0.05, 0) is 48.9 Å². The Morgan fingerprint density at radius 2 is 2.12 bits per heavy atom. The smallest absolute Gasteiger partial charge is 0.254 e. The first-order chi connectivity index (χ1) is 11.8. The van der Waals surface area contributed by atoms with Crippen LogP contribution >= 0.6 is 11.3 Å². The maximum Gasteiger partial charge on any atom is 0.254 e. The molecule has 0 aliphatic carbocycles. The number of hydrogen-bond donors (Lipinski definition) is 0. The second-order valence-corrected chi connectivity index (χ2v) is 6.94. The van der Waals surface area contributed by atoms with Gasteiger partial charge >= 0.3 is 0 Å². The van der Waals surface area contributed by atoms with Gasteiger partial charge in [0, 0.05) is 36.2 Å². The highest BCUT2D eigenvalue weighted by molar-refractivity contribution is 7.09. The first kappa shape index (κ1) is 17.0. The summed E-state index contributed by atoms with van der Waals surface area (Å²) in [5, 5.41) is 2.08. The first-order valence-corrected chi connectivity index (χ1v) is 9.21. The third-order valence-corrected chi connectivity index (χ3v) is 5.32. The van der Waals surface area contributed by atoms with E-state index in [4.69, 9.17) is 9.47 Å². The van der Waals surface area contributed by atoms with Crippen LogP contribution in [-0.2, 0) is 11.2 Å². The number of thiophene rings is 1. The van der Waals surface area contributed by atoms with Crippen molar-refractivity contribution in [1.29, 1.82) is 0 Å². The molecule has 1 saturated heterocycles. The van der Waals surface area contributed by atoms with Gasteiger partial charge in [-0.25, -0.2) is 0 Å². The van der Waals surface area contributed by atoms with Gasteiger partial charge in [0.05, 0.1) is 7.11 Å². The van der Waals surface area contributed by atoms with Crippen molar-refractivity contribution < 1.29 is 14.3 Å². The van der Waals surface area contributed by atoms with Crippen LogP contribution in [0.2, 0.25) is 0 Å². The van der Waals surface area contributed by atoms with Crippen molar-refractivity contribution in [1.82, 2.24) is 4.90 Å². The van der Waals surface area contributed by atoms with Gasteiger partial charge in [-0.2, -0.15) is 0 Å². The molecule has 4 nitrogen and oxygen atoms in total. The number of rotatable bonds is 6. The molecule has 1 amide bonds. The number of benzene rings is 1. The standard InChI is InChI=1S/C19H23NO3S/c1-22-17-5-2-4-15(14-17)19(21)20(16-8-11-23-12-9-16)10-7-18-6-3-13-24-18/h2-6,13-14,16H,7-12H2,1H3. The Hall–Kier alpha value is -1.85. The largest absolute Gasteiger partial charge is 0.497 e. The molecule has 0 saturated carbocycles. The maximum absolute atomic E-state index is 13.1. The van der Waals surface area contributed by atoms with Crippen LogP contribution in [0.3, 0.4) is 0 Å². The van der Waals surface area contributed by atoms with E-state index in [1.54, 1.807) is 18.4 Å². The Morgan fingerprint density at radius 3 is 2.83 bits per heavy atom. The summed E-state index contributed by atoms with van der Waals surface area (Å²) in [4.78, 5) is 16.4. The van der Waals surface area contributed by atoms with E-state index in [-0.39, 0.29) is 11.9 Å². The van der Waals surface area contributed by atoms with Crippen LogP contribution in [0.25, 0.3) is 0 Å². The lowest BCUT2D eigenvalue weighted by Crippen LogP contribution is -2.44. The van der Waals surface area contributed by atoms with Gasteiger partial charge in [0.2, 0.25) is 0 Å². The fourth-order valence-electron chi connectivity index (χ4n) is 3.05. The average Bonchev–Trinajstić information content (AvgIpc) is 3.16. The molecule has 5 heteroatoms. The predicted octanol–water partition coefficient (Wildman–Crippen LogP) is 3.62. The molecule has 3 rings (SSSR count). The van der Waals surface area contributed by atoms with Gasteiger partial charge < -0.3 is 14.4 Å². The molecule has 0 bridgehead atoms. The normalized spacial score (nSPS) is 15.2. The lowest BCUT2D eigenvalue weighted by Gasteiger charge is -2.34. The van der Waals surface area contributed by atoms with E-state index in [2.05, 4.69) is 17.5 Å². The molecule has 24 heavy (non-hydrogen) atoms. The molecule has 0 unspecified atom stereocenters. The van der Waals surface area contributed by atoms with Crippen molar-refractivity contribution in [2.45, 2.75) is 25.3 Å². The Balaban J connectivity index is 1.77. The van der Waals surface area contributed by atoms with E-state index in [0.717, 1.165) is 39.0 Å². The molecule has 128 valence electrons. The Bertz CT molecular complexity index is 650. The minimum atomic E-state index is 0.0809. The zero-order valence-electron chi connectivity index (χ0n) is 13.9. The van der Waals surface area contributed by atoms with Crippen molar-refractivity contribution in [3.8, 4) is 5.75 Å². The highest BCUT2D eigenvalue weighted by Gasteiger charge is 2.26. The molecular weight excluding hydrogens is 322 g/mol. The van der Waals surface area contributed by atoms with Gasteiger partial charge in [0.1, 0.15) is 5.75 Å². The molecule has 1 aliphatic rings. The summed E-state index contributed by atoms with van der Waals surface area (Å²) in [6, 6.07) is 11.8. The Kier molecular flexibility index (Phi) is 5.88. The van der Waals surface area contributed by atoms with E-state index in [0.29, 0.717) is 11.3 Å². The quantitative estimate of drug-likeness (QED) is 0.803. The summed E-state index contributed by atoms with van der Waals surface area (Å²) in [6.45, 7) is 2.19. The average molecular weight is 345 g/mol. The zero-order chi connectivity index (χ0) is 16.8. The number of methoxy groups -OCH3 is 1. The number of amides is 1. The van der Waals surface area contributed by atoms with Crippen LogP contribution in [0, 0.1) is 0 Å². The number of hydrogen-bond acceptors (Lipinski definition) is 4. The summed E-state index contributed by atoms with van der Waals surface area (Å²) in [7, 11) is 1.62. The van der Waals surface area contributed by atoms with Crippen LogP contribution in [0.15, 0.2) is 41.8 Å². The molecule has 1 aliphatic heterocycles. The zero-order valence-corrected chi connectivity index (χ0v) is 14.8. The second kappa shape index (κ2) is 8.31. The van der Waals surface area contributed by atoms with Crippen LogP contribution in [0.4, 0.5) is 0 Å². The molecule has 0 spiro atoms. The Labute approximate surface area is 147 Å². The minimum absolute atomic E-state index is 0.0809. The molecule has 0 radical (unpaired) electrons. The van der Waals surface area contributed by atoms with E-state index in [1.165, 1.54) is 4.88 Å². The molecule has 1 fully saturated rings. The predicted molar refractivity (Wildman–Crippen MR) is 95.9 cm³/mol. The van der Waals surface area contributed by atoms with Crippen molar-refractivity contribution in [3.63, 3.8) is 0 Å². The second-order valence-electron chi connectivity index (χ2n) is 5.90. The summed E-state index contributed by atoms with van der Waals surface area (Å²) in [5.74, 6) is 0.795.